The standard InChI is InChI=1S/C21H22O2/c1-4-6-7-16(5-2)21(3,17-8-12-19(22)13-9-17)18-10-14-20(23)15-11-18/h4-15,22-23H,1H2,2-3H3/b7-6-,16-5+. The number of hydrogen-bond acceptors (Lipinski definition) is 2. The monoisotopic (exact) mass is 306 g/mol. The Hall–Kier alpha value is -2.74. The van der Waals surface area contributed by atoms with Crippen molar-refractivity contribution in [1.29, 1.82) is 0 Å². The van der Waals surface area contributed by atoms with E-state index in [1.165, 1.54) is 0 Å². The fraction of sp³-hybridized carbons (Fsp3) is 0.143. The highest BCUT2D eigenvalue weighted by Crippen LogP contribution is 2.40. The van der Waals surface area contributed by atoms with E-state index in [0.29, 0.717) is 0 Å². The Bertz CT molecular complexity index is 674. The Morgan fingerprint density at radius 3 is 1.70 bits per heavy atom. The lowest BCUT2D eigenvalue weighted by atomic mass is 9.70. The fourth-order valence-corrected chi connectivity index (χ4v) is 2.81. The number of hydrogen-bond donors (Lipinski definition) is 2. The molecule has 0 heterocycles. The third kappa shape index (κ3) is 3.37. The first-order chi connectivity index (χ1) is 11.0. The predicted molar refractivity (Wildman–Crippen MR) is 95.8 cm³/mol. The molecule has 0 unspecified atom stereocenters. The van der Waals surface area contributed by atoms with Crippen LogP contribution in [0.1, 0.15) is 25.0 Å². The predicted octanol–water partition coefficient (Wildman–Crippen LogP) is 5.09. The Morgan fingerprint density at radius 2 is 1.35 bits per heavy atom. The molecule has 0 aliphatic carbocycles. The Morgan fingerprint density at radius 1 is 0.913 bits per heavy atom. The van der Waals surface area contributed by atoms with E-state index in [1.807, 2.05) is 43.3 Å². The second-order valence-corrected chi connectivity index (χ2v) is 5.56. The normalized spacial score (nSPS) is 12.5. The molecule has 118 valence electrons. The van der Waals surface area contributed by atoms with Gasteiger partial charge in [-0.1, -0.05) is 55.1 Å². The molecule has 0 fully saturated rings. The van der Waals surface area contributed by atoms with Crippen molar-refractivity contribution in [3.63, 3.8) is 0 Å². The molecule has 0 aliphatic heterocycles. The molecule has 0 saturated carbocycles. The highest BCUT2D eigenvalue weighted by atomic mass is 16.3. The highest BCUT2D eigenvalue weighted by Gasteiger charge is 2.31. The van der Waals surface area contributed by atoms with Gasteiger partial charge >= 0.3 is 0 Å². The summed E-state index contributed by atoms with van der Waals surface area (Å²) in [5.74, 6) is 0.482. The van der Waals surface area contributed by atoms with Crippen LogP contribution in [0, 0.1) is 0 Å². The van der Waals surface area contributed by atoms with Crippen LogP contribution in [-0.4, -0.2) is 10.2 Å². The molecule has 2 N–H and O–H groups in total. The van der Waals surface area contributed by atoms with Gasteiger partial charge in [0.15, 0.2) is 0 Å². The lowest BCUT2D eigenvalue weighted by Gasteiger charge is -2.33. The number of aromatic hydroxyl groups is 2. The summed E-state index contributed by atoms with van der Waals surface area (Å²) >= 11 is 0. The van der Waals surface area contributed by atoms with Crippen molar-refractivity contribution < 1.29 is 10.2 Å². The van der Waals surface area contributed by atoms with Gasteiger partial charge in [0.25, 0.3) is 0 Å². The van der Waals surface area contributed by atoms with Crippen molar-refractivity contribution in [2.45, 2.75) is 19.3 Å². The van der Waals surface area contributed by atoms with Gasteiger partial charge in [-0.25, -0.2) is 0 Å². The zero-order chi connectivity index (χ0) is 16.9. The van der Waals surface area contributed by atoms with E-state index in [4.69, 9.17) is 0 Å². The Labute approximate surface area is 137 Å². The molecule has 2 aromatic carbocycles. The first kappa shape index (κ1) is 16.6. The van der Waals surface area contributed by atoms with Crippen LogP contribution >= 0.6 is 0 Å². The van der Waals surface area contributed by atoms with Crippen molar-refractivity contribution in [3.05, 3.63) is 96.1 Å². The van der Waals surface area contributed by atoms with E-state index in [-0.39, 0.29) is 11.5 Å². The van der Waals surface area contributed by atoms with Crippen molar-refractivity contribution in [1.82, 2.24) is 0 Å². The van der Waals surface area contributed by atoms with Gasteiger partial charge in [0.2, 0.25) is 0 Å². The van der Waals surface area contributed by atoms with Gasteiger partial charge in [-0.2, -0.15) is 0 Å². The fourth-order valence-electron chi connectivity index (χ4n) is 2.81. The van der Waals surface area contributed by atoms with Crippen LogP contribution in [0.5, 0.6) is 11.5 Å². The average Bonchev–Trinajstić information content (AvgIpc) is 2.56. The van der Waals surface area contributed by atoms with Crippen LogP contribution in [0.4, 0.5) is 0 Å². The summed E-state index contributed by atoms with van der Waals surface area (Å²) in [6, 6.07) is 14.5. The molecule has 2 rings (SSSR count). The Kier molecular flexibility index (Phi) is 5.07. The number of phenols is 2. The van der Waals surface area contributed by atoms with E-state index in [2.05, 4.69) is 19.6 Å². The highest BCUT2D eigenvalue weighted by molar-refractivity contribution is 5.53. The van der Waals surface area contributed by atoms with Crippen molar-refractivity contribution in [3.8, 4) is 11.5 Å². The molecular weight excluding hydrogens is 284 g/mol. The van der Waals surface area contributed by atoms with Gasteiger partial charge < -0.3 is 10.2 Å². The molecule has 2 aromatic rings. The molecule has 0 bridgehead atoms. The minimum Gasteiger partial charge on any atom is -0.508 e. The maximum absolute atomic E-state index is 9.59. The number of benzene rings is 2. The van der Waals surface area contributed by atoms with Crippen LogP contribution in [0.15, 0.2) is 85.0 Å². The third-order valence-corrected chi connectivity index (χ3v) is 4.19. The molecule has 0 spiro atoms. The largest absolute Gasteiger partial charge is 0.508 e. The molecule has 0 aromatic heterocycles. The van der Waals surface area contributed by atoms with Gasteiger partial charge in [-0.05, 0) is 54.8 Å². The Balaban J connectivity index is 2.67. The van der Waals surface area contributed by atoms with Gasteiger partial charge in [-0.3, -0.25) is 0 Å². The molecule has 2 heteroatoms. The molecular formula is C21H22O2. The zero-order valence-electron chi connectivity index (χ0n) is 13.5. The number of rotatable bonds is 5. The molecule has 0 aliphatic rings. The second-order valence-electron chi connectivity index (χ2n) is 5.56. The summed E-state index contributed by atoms with van der Waals surface area (Å²) in [7, 11) is 0. The summed E-state index contributed by atoms with van der Waals surface area (Å²) in [5, 5.41) is 19.2. The van der Waals surface area contributed by atoms with Gasteiger partial charge in [0.05, 0.1) is 0 Å². The van der Waals surface area contributed by atoms with E-state index in [1.54, 1.807) is 30.3 Å². The van der Waals surface area contributed by atoms with Crippen LogP contribution in [0.25, 0.3) is 0 Å². The van der Waals surface area contributed by atoms with Gasteiger partial charge in [0, 0.05) is 5.41 Å². The molecule has 0 saturated heterocycles. The van der Waals surface area contributed by atoms with Crippen LogP contribution in [0.3, 0.4) is 0 Å². The molecule has 23 heavy (non-hydrogen) atoms. The summed E-state index contributed by atoms with van der Waals surface area (Å²) in [4.78, 5) is 0. The maximum atomic E-state index is 9.59. The van der Waals surface area contributed by atoms with Gasteiger partial charge in [-0.15, -0.1) is 0 Å². The van der Waals surface area contributed by atoms with Crippen LogP contribution in [0.2, 0.25) is 0 Å². The van der Waals surface area contributed by atoms with Crippen molar-refractivity contribution in [2.24, 2.45) is 0 Å². The summed E-state index contributed by atoms with van der Waals surface area (Å²) in [6.07, 6.45) is 7.76. The van der Waals surface area contributed by atoms with Crippen LogP contribution < -0.4 is 0 Å². The smallest absolute Gasteiger partial charge is 0.115 e. The first-order valence-electron chi connectivity index (χ1n) is 7.57. The lowest BCUT2D eigenvalue weighted by Crippen LogP contribution is -2.25. The SMILES string of the molecule is C=C/C=C\C(=C/C)C(C)(c1ccc(O)cc1)c1ccc(O)cc1. The molecule has 0 radical (unpaired) electrons. The van der Waals surface area contributed by atoms with E-state index in [9.17, 15) is 10.2 Å². The van der Waals surface area contributed by atoms with E-state index < -0.39 is 5.41 Å². The summed E-state index contributed by atoms with van der Waals surface area (Å²) < 4.78 is 0. The van der Waals surface area contributed by atoms with E-state index >= 15 is 0 Å². The summed E-state index contributed by atoms with van der Waals surface area (Å²) in [5.41, 5.74) is 2.81. The minimum absolute atomic E-state index is 0.241. The quantitative estimate of drug-likeness (QED) is 0.755. The zero-order valence-corrected chi connectivity index (χ0v) is 13.5. The average molecular weight is 306 g/mol. The summed E-state index contributed by atoms with van der Waals surface area (Å²) in [6.45, 7) is 7.87. The second kappa shape index (κ2) is 7.01. The van der Waals surface area contributed by atoms with Crippen LogP contribution in [-0.2, 0) is 5.41 Å². The van der Waals surface area contributed by atoms with Crippen molar-refractivity contribution in [2.75, 3.05) is 0 Å². The topological polar surface area (TPSA) is 40.5 Å². The molecule has 0 amide bonds. The minimum atomic E-state index is -0.407. The molecule has 2 nitrogen and oxygen atoms in total. The van der Waals surface area contributed by atoms with Crippen molar-refractivity contribution >= 4 is 0 Å². The van der Waals surface area contributed by atoms with Gasteiger partial charge in [0.1, 0.15) is 11.5 Å². The first-order valence-corrected chi connectivity index (χ1v) is 7.57. The molecule has 0 atom stereocenters. The maximum Gasteiger partial charge on any atom is 0.115 e. The number of phenolic OH excluding ortho intramolecular Hbond substituents is 2. The van der Waals surface area contributed by atoms with E-state index in [0.717, 1.165) is 16.7 Å². The lowest BCUT2D eigenvalue weighted by molar-refractivity contribution is 0.474. The third-order valence-electron chi connectivity index (χ3n) is 4.19. The number of allylic oxidation sites excluding steroid dienone is 5.